The summed E-state index contributed by atoms with van der Waals surface area (Å²) < 4.78 is 62.2. The lowest BCUT2D eigenvalue weighted by molar-refractivity contribution is -0.170. The number of Topliss-reactive ketones (excluding diaryl/α,β-unsaturated/α-hetero) is 2. The van der Waals surface area contributed by atoms with E-state index < -0.39 is 31.7 Å². The third kappa shape index (κ3) is 12.8. The fourth-order valence-electron chi connectivity index (χ4n) is 20.2. The van der Waals surface area contributed by atoms with E-state index in [0.717, 1.165) is 116 Å². The zero-order valence-electron chi connectivity index (χ0n) is 46.6. The van der Waals surface area contributed by atoms with Crippen molar-refractivity contribution in [3.63, 3.8) is 0 Å². The quantitative estimate of drug-likeness (QED) is 0.0556. The summed E-state index contributed by atoms with van der Waals surface area (Å²) in [6.07, 6.45) is 20.7. The molecule has 0 bridgehead atoms. The second kappa shape index (κ2) is 23.2. The van der Waals surface area contributed by atoms with Crippen LogP contribution in [0.1, 0.15) is 202 Å². The van der Waals surface area contributed by atoms with Crippen LogP contribution >= 0.6 is 0 Å². The molecule has 0 aromatic heterocycles. The molecule has 6 N–H and O–H groups in total. The molecular weight excluding hydrogens is 993 g/mol. The van der Waals surface area contributed by atoms with Crippen LogP contribution in [0.4, 0.5) is 0 Å². The number of fused-ring (bicyclic) bond motifs is 10. The lowest BCUT2D eigenvalue weighted by atomic mass is 9.43. The maximum Gasteiger partial charge on any atom is 0.266 e. The van der Waals surface area contributed by atoms with Gasteiger partial charge in [0.2, 0.25) is 11.8 Å². The Morgan fingerprint density at radius 1 is 0.507 bits per heavy atom. The summed E-state index contributed by atoms with van der Waals surface area (Å²) in [6.45, 7) is 14.2. The van der Waals surface area contributed by atoms with Gasteiger partial charge in [-0.2, -0.15) is 16.8 Å². The van der Waals surface area contributed by atoms with Gasteiger partial charge in [-0.3, -0.25) is 28.3 Å². The van der Waals surface area contributed by atoms with E-state index in [1.807, 2.05) is 0 Å². The molecule has 0 aliphatic heterocycles. The maximum absolute atomic E-state index is 13.5. The zero-order valence-corrected chi connectivity index (χ0v) is 48.2. The predicted molar refractivity (Wildman–Crippen MR) is 289 cm³/mol. The lowest BCUT2D eigenvalue weighted by Crippen LogP contribution is -2.58. The fourth-order valence-corrected chi connectivity index (χ4v) is 20.9. The molecule has 0 saturated heterocycles. The van der Waals surface area contributed by atoms with Gasteiger partial charge in [0.25, 0.3) is 20.2 Å². The first-order valence-electron chi connectivity index (χ1n) is 30.0. The Hall–Kier alpha value is -1.98. The summed E-state index contributed by atoms with van der Waals surface area (Å²) in [5.74, 6) is 4.55. The predicted octanol–water partition coefficient (Wildman–Crippen LogP) is 9.41. The Morgan fingerprint density at radius 2 is 0.867 bits per heavy atom. The van der Waals surface area contributed by atoms with Crippen LogP contribution < -0.4 is 10.6 Å². The molecule has 8 aliphatic rings. The van der Waals surface area contributed by atoms with Gasteiger partial charge in [-0.05, 0) is 227 Å². The van der Waals surface area contributed by atoms with Crippen molar-refractivity contribution in [1.82, 2.24) is 10.6 Å². The van der Waals surface area contributed by atoms with Crippen molar-refractivity contribution in [1.29, 1.82) is 0 Å². The highest BCUT2D eigenvalue weighted by molar-refractivity contribution is 7.86. The van der Waals surface area contributed by atoms with Crippen LogP contribution in [0.25, 0.3) is 0 Å². The fraction of sp³-hybridized carbons (Fsp3) is 0.932. The molecule has 0 spiro atoms. The van der Waals surface area contributed by atoms with Crippen LogP contribution in [-0.4, -0.2) is 96.3 Å². The molecule has 75 heavy (non-hydrogen) atoms. The van der Waals surface area contributed by atoms with Gasteiger partial charge in [-0.1, -0.05) is 41.5 Å². The highest BCUT2D eigenvalue weighted by Crippen LogP contribution is 2.71. The number of hydrogen-bond acceptors (Lipinski definition) is 10. The van der Waals surface area contributed by atoms with Crippen molar-refractivity contribution >= 4 is 43.6 Å². The number of hydrogen-bond donors (Lipinski definition) is 6. The van der Waals surface area contributed by atoms with E-state index in [9.17, 15) is 46.2 Å². The first-order chi connectivity index (χ1) is 35.1. The minimum Gasteiger partial charge on any atom is -0.393 e. The first kappa shape index (κ1) is 59.1. The van der Waals surface area contributed by atoms with Crippen molar-refractivity contribution in [3.8, 4) is 0 Å². The molecule has 0 heterocycles. The third-order valence-corrected chi connectivity index (χ3v) is 25.5. The number of ketones is 2. The van der Waals surface area contributed by atoms with Crippen molar-refractivity contribution in [3.05, 3.63) is 0 Å². The van der Waals surface area contributed by atoms with Crippen LogP contribution in [0.2, 0.25) is 0 Å². The second-order valence-electron chi connectivity index (χ2n) is 28.0. The number of rotatable bonds is 22. The molecule has 14 nitrogen and oxygen atoms in total. The minimum absolute atomic E-state index is 0.0936. The summed E-state index contributed by atoms with van der Waals surface area (Å²) in [7, 11) is -8.24. The third-order valence-electron chi connectivity index (χ3n) is 24.1. The van der Waals surface area contributed by atoms with Gasteiger partial charge in [-0.15, -0.1) is 0 Å². The molecule has 8 aliphatic carbocycles. The van der Waals surface area contributed by atoms with Crippen LogP contribution in [-0.2, 0) is 39.4 Å². The van der Waals surface area contributed by atoms with E-state index in [2.05, 4.69) is 52.2 Å². The van der Waals surface area contributed by atoms with E-state index in [-0.39, 0.29) is 82.2 Å². The lowest BCUT2D eigenvalue weighted by Gasteiger charge is -2.62. The number of nitrogens with one attached hydrogen (secondary N) is 2. The van der Waals surface area contributed by atoms with Gasteiger partial charge >= 0.3 is 0 Å². The van der Waals surface area contributed by atoms with Crippen LogP contribution in [0.15, 0.2) is 0 Å². The molecule has 8 saturated carbocycles. The Labute approximate surface area is 450 Å². The largest absolute Gasteiger partial charge is 0.393 e. The van der Waals surface area contributed by atoms with Crippen LogP contribution in [0.3, 0.4) is 0 Å². The second-order valence-corrected chi connectivity index (χ2v) is 31.1. The molecular formula is C59H98N2O12S2. The van der Waals surface area contributed by atoms with E-state index >= 15 is 0 Å². The topological polar surface area (TPSA) is 242 Å². The molecule has 8 rings (SSSR count). The Kier molecular flexibility index (Phi) is 18.3. The van der Waals surface area contributed by atoms with Crippen LogP contribution in [0.5, 0.6) is 0 Å². The van der Waals surface area contributed by atoms with E-state index in [1.165, 1.54) is 0 Å². The highest BCUT2D eigenvalue weighted by atomic mass is 32.2. The average Bonchev–Trinajstić information content (AvgIpc) is 3.87. The summed E-state index contributed by atoms with van der Waals surface area (Å²) >= 11 is 0. The van der Waals surface area contributed by atoms with E-state index in [0.29, 0.717) is 116 Å². The molecule has 2 unspecified atom stereocenters. The van der Waals surface area contributed by atoms with Gasteiger partial charge in [-0.25, -0.2) is 0 Å². The van der Waals surface area contributed by atoms with E-state index in [1.54, 1.807) is 0 Å². The molecule has 20 atom stereocenters. The van der Waals surface area contributed by atoms with Crippen molar-refractivity contribution < 1.29 is 55.3 Å². The Bertz CT molecular complexity index is 2140. The van der Waals surface area contributed by atoms with Gasteiger partial charge in [0.15, 0.2) is 0 Å². The average molecular weight is 1090 g/mol. The summed E-state index contributed by atoms with van der Waals surface area (Å²) in [5.41, 5.74) is 0.507. The number of carbonyl (C=O) groups excluding carboxylic acids is 4. The Balaban J connectivity index is 0.748. The molecule has 0 aromatic carbocycles. The van der Waals surface area contributed by atoms with Gasteiger partial charge < -0.3 is 20.8 Å². The molecule has 0 radical (unpaired) electrons. The summed E-state index contributed by atoms with van der Waals surface area (Å²) in [6, 6.07) is 0. The van der Waals surface area contributed by atoms with Crippen LogP contribution in [0, 0.1) is 105 Å². The summed E-state index contributed by atoms with van der Waals surface area (Å²) in [4.78, 5) is 52.1. The van der Waals surface area contributed by atoms with Gasteiger partial charge in [0.1, 0.15) is 11.6 Å². The Morgan fingerprint density at radius 3 is 1.24 bits per heavy atom. The van der Waals surface area contributed by atoms with E-state index in [4.69, 9.17) is 9.11 Å². The molecule has 0 aromatic rings. The number of carbonyl (C=O) groups is 4. The normalized spacial score (nSPS) is 42.1. The summed E-state index contributed by atoms with van der Waals surface area (Å²) in [5, 5.41) is 29.3. The maximum atomic E-state index is 13.5. The molecule has 428 valence electrons. The standard InChI is InChI=1S/C59H98N2O12S2/c1-36(10-16-52(66)60-26-28-74(68,69)70)44-12-14-46-54-48(20-24-58(44,46)5)56(3)22-18-38(30-40(56)34-50(54)64)32-42(62)8-7-9-43(63)33-39-19-23-57(4)41(31-39)35-51(65)55-47-15-13-45(59(47,6)25-21-49(55)57)37(2)11-17-53(67)61-27-29-75(71,72)73/h36-41,44-51,54-55,64-65H,7-35H2,1-6H3,(H,60,66)(H,61,67)(H,68,69,70)(H,71,72,73)/t36-,37-,38-,39-,40?,41?,44-,45-,46+,47+,48+,49+,50+,51+,54+,55+,56+,57+,58-,59-/m1/s1. The number of amides is 2. The number of aliphatic hydroxyl groups is 2. The minimum atomic E-state index is -4.12. The van der Waals surface area contributed by atoms with Gasteiger partial charge in [0.05, 0.1) is 23.7 Å². The van der Waals surface area contributed by atoms with Crippen molar-refractivity contribution in [2.24, 2.45) is 105 Å². The number of aliphatic hydroxyl groups excluding tert-OH is 2. The SMILES string of the molecule is C[C@H](CCC(=O)NCCS(=O)(=O)O)[C@H]1CC[C@H]2[C@@H]3[C@@H](O)CC4C[C@H](CC(=O)CCCC(=O)C[C@@H]5CC[C@@]6(C)C(C5)C[C@H](O)[C@H]5[C@@H]7CC[C@H]([C@H](C)CCC(=O)NCCS(=O)(=O)O)[C@@]7(C)CC[C@@H]56)CC[C@]4(C)[C@H]3CC[C@]12C. The highest BCUT2D eigenvalue weighted by Gasteiger charge is 2.65. The van der Waals surface area contributed by atoms with Crippen molar-refractivity contribution in [2.75, 3.05) is 24.6 Å². The first-order valence-corrected chi connectivity index (χ1v) is 33.2. The van der Waals surface area contributed by atoms with Gasteiger partial charge in [0, 0.05) is 51.6 Å². The molecule has 16 heteroatoms. The monoisotopic (exact) mass is 1090 g/mol. The molecule has 8 fully saturated rings. The zero-order chi connectivity index (χ0) is 54.5. The molecule has 2 amide bonds. The van der Waals surface area contributed by atoms with Crippen molar-refractivity contribution in [2.45, 2.75) is 214 Å². The smallest absolute Gasteiger partial charge is 0.266 e.